The second-order valence-electron chi connectivity index (χ2n) is 4.72. The summed E-state index contributed by atoms with van der Waals surface area (Å²) in [6.07, 6.45) is 0.753. The molecule has 1 unspecified atom stereocenters. The van der Waals surface area contributed by atoms with E-state index in [-0.39, 0.29) is 23.1 Å². The molecule has 7 heteroatoms. The minimum Gasteiger partial charge on any atom is -0.339 e. The first kappa shape index (κ1) is 16.9. The van der Waals surface area contributed by atoms with Gasteiger partial charge in [-0.25, -0.2) is 12.8 Å². The second-order valence-corrected chi connectivity index (χ2v) is 7.25. The Morgan fingerprint density at radius 1 is 1.45 bits per heavy atom. The van der Waals surface area contributed by atoms with Crippen LogP contribution in [0.2, 0.25) is 0 Å². The Labute approximate surface area is 123 Å². The lowest BCUT2D eigenvalue weighted by molar-refractivity contribution is 0.0740. The fourth-order valence-electron chi connectivity index (χ4n) is 1.72. The van der Waals surface area contributed by atoms with Crippen LogP contribution < -0.4 is 0 Å². The first-order chi connectivity index (χ1) is 9.09. The third-order valence-electron chi connectivity index (χ3n) is 3.30. The summed E-state index contributed by atoms with van der Waals surface area (Å²) >= 11 is 0. The van der Waals surface area contributed by atoms with Crippen LogP contribution in [-0.4, -0.2) is 32.3 Å². The van der Waals surface area contributed by atoms with Gasteiger partial charge >= 0.3 is 0 Å². The molecule has 0 aromatic heterocycles. The highest BCUT2D eigenvalue weighted by Gasteiger charge is 2.23. The Morgan fingerprint density at radius 3 is 2.45 bits per heavy atom. The molecule has 4 nitrogen and oxygen atoms in total. The van der Waals surface area contributed by atoms with E-state index in [1.54, 1.807) is 7.05 Å². The molecule has 0 aliphatic carbocycles. The van der Waals surface area contributed by atoms with Crippen LogP contribution in [0.15, 0.2) is 17.0 Å². The van der Waals surface area contributed by atoms with E-state index in [1.165, 1.54) is 17.9 Å². The van der Waals surface area contributed by atoms with Gasteiger partial charge in [0.2, 0.25) is 0 Å². The third-order valence-corrected chi connectivity index (χ3v) is 4.62. The van der Waals surface area contributed by atoms with Crippen LogP contribution in [0.5, 0.6) is 0 Å². The molecular weight excluding hydrogens is 305 g/mol. The fourth-order valence-corrected chi connectivity index (χ4v) is 2.70. The zero-order chi connectivity index (χ0) is 15.7. The van der Waals surface area contributed by atoms with Crippen molar-refractivity contribution < 1.29 is 17.6 Å². The fraction of sp³-hybridized carbons (Fsp3) is 0.462. The molecule has 1 atom stereocenters. The smallest absolute Gasteiger partial charge is 0.264 e. The molecular formula is C13H17ClFNO3S. The van der Waals surface area contributed by atoms with E-state index in [9.17, 15) is 17.6 Å². The topological polar surface area (TPSA) is 54.5 Å². The Hall–Kier alpha value is -1.14. The normalized spacial score (nSPS) is 13.1. The number of rotatable bonds is 4. The Kier molecular flexibility index (Phi) is 5.15. The van der Waals surface area contributed by atoms with E-state index < -0.39 is 19.8 Å². The number of halogens is 2. The van der Waals surface area contributed by atoms with E-state index in [4.69, 9.17) is 10.7 Å². The second kappa shape index (κ2) is 6.10. The molecule has 1 rings (SSSR count). The molecule has 0 N–H and O–H groups in total. The van der Waals surface area contributed by atoms with E-state index >= 15 is 0 Å². The van der Waals surface area contributed by atoms with Gasteiger partial charge in [-0.05, 0) is 38.0 Å². The highest BCUT2D eigenvalue weighted by atomic mass is 35.7. The number of carbonyl (C=O) groups excluding carboxylic acids is 1. The van der Waals surface area contributed by atoms with E-state index in [0.29, 0.717) is 0 Å². The summed E-state index contributed by atoms with van der Waals surface area (Å²) in [6, 6.07) is 2.29. The van der Waals surface area contributed by atoms with Gasteiger partial charge in [0, 0.05) is 29.3 Å². The minimum absolute atomic E-state index is 0.0103. The van der Waals surface area contributed by atoms with Gasteiger partial charge in [-0.3, -0.25) is 4.79 Å². The summed E-state index contributed by atoms with van der Waals surface area (Å²) in [6.45, 7) is 5.19. The Balaban J connectivity index is 3.35. The van der Waals surface area contributed by atoms with Crippen LogP contribution in [0.3, 0.4) is 0 Å². The van der Waals surface area contributed by atoms with Crippen LogP contribution >= 0.6 is 10.7 Å². The molecule has 1 aromatic carbocycles. The molecule has 112 valence electrons. The monoisotopic (exact) mass is 321 g/mol. The Morgan fingerprint density at radius 2 is 2.00 bits per heavy atom. The number of hydrogen-bond acceptors (Lipinski definition) is 3. The summed E-state index contributed by atoms with van der Waals surface area (Å²) in [7, 11) is 2.57. The molecule has 0 heterocycles. The zero-order valence-corrected chi connectivity index (χ0v) is 13.3. The van der Waals surface area contributed by atoms with Gasteiger partial charge in [-0.15, -0.1) is 0 Å². The van der Waals surface area contributed by atoms with Crippen molar-refractivity contribution in [1.82, 2.24) is 4.90 Å². The van der Waals surface area contributed by atoms with Crippen molar-refractivity contribution in [3.05, 3.63) is 29.1 Å². The highest BCUT2D eigenvalue weighted by molar-refractivity contribution is 8.13. The van der Waals surface area contributed by atoms with Gasteiger partial charge < -0.3 is 4.90 Å². The molecule has 0 spiro atoms. The molecule has 0 aliphatic rings. The average molecular weight is 322 g/mol. The lowest BCUT2D eigenvalue weighted by Gasteiger charge is -2.24. The largest absolute Gasteiger partial charge is 0.339 e. The average Bonchev–Trinajstić information content (AvgIpc) is 2.37. The van der Waals surface area contributed by atoms with Crippen LogP contribution in [0.4, 0.5) is 4.39 Å². The molecule has 1 amide bonds. The van der Waals surface area contributed by atoms with Gasteiger partial charge in [0.1, 0.15) is 10.7 Å². The van der Waals surface area contributed by atoms with Crippen molar-refractivity contribution in [3.63, 3.8) is 0 Å². The van der Waals surface area contributed by atoms with Crippen molar-refractivity contribution in [1.29, 1.82) is 0 Å². The Bertz CT molecular complexity index is 631. The maximum Gasteiger partial charge on any atom is 0.264 e. The number of carbonyl (C=O) groups is 1. The van der Waals surface area contributed by atoms with Gasteiger partial charge in [-0.1, -0.05) is 6.92 Å². The summed E-state index contributed by atoms with van der Waals surface area (Å²) < 4.78 is 36.5. The molecule has 1 aromatic rings. The summed E-state index contributed by atoms with van der Waals surface area (Å²) in [5.74, 6) is -1.30. The van der Waals surface area contributed by atoms with Crippen molar-refractivity contribution in [2.45, 2.75) is 38.1 Å². The number of hydrogen-bond donors (Lipinski definition) is 0. The standard InChI is InChI=1S/C13H17ClFNO3S/c1-5-9(3)16(4)13(17)10-6-8(2)12(15)11(7-10)20(14,18)19/h6-7,9H,5H2,1-4H3. The minimum atomic E-state index is -4.24. The predicted molar refractivity (Wildman–Crippen MR) is 76.0 cm³/mol. The lowest BCUT2D eigenvalue weighted by atomic mass is 10.1. The maximum atomic E-state index is 13.8. The van der Waals surface area contributed by atoms with Crippen molar-refractivity contribution in [2.24, 2.45) is 0 Å². The van der Waals surface area contributed by atoms with Crippen LogP contribution in [-0.2, 0) is 9.05 Å². The molecule has 0 fully saturated rings. The van der Waals surface area contributed by atoms with E-state index in [0.717, 1.165) is 12.5 Å². The van der Waals surface area contributed by atoms with Crippen LogP contribution in [0, 0.1) is 12.7 Å². The SMILES string of the molecule is CCC(C)N(C)C(=O)c1cc(C)c(F)c(S(=O)(=O)Cl)c1. The summed E-state index contributed by atoms with van der Waals surface area (Å²) in [5, 5.41) is 0. The van der Waals surface area contributed by atoms with Gasteiger partial charge in [0.05, 0.1) is 0 Å². The highest BCUT2D eigenvalue weighted by Crippen LogP contribution is 2.24. The van der Waals surface area contributed by atoms with Crippen LogP contribution in [0.25, 0.3) is 0 Å². The molecule has 0 radical (unpaired) electrons. The molecule has 20 heavy (non-hydrogen) atoms. The number of aryl methyl sites for hydroxylation is 1. The first-order valence-electron chi connectivity index (χ1n) is 6.11. The zero-order valence-electron chi connectivity index (χ0n) is 11.8. The quantitative estimate of drug-likeness (QED) is 0.801. The third kappa shape index (κ3) is 3.49. The summed E-state index contributed by atoms with van der Waals surface area (Å²) in [4.78, 5) is 13.1. The molecule has 0 saturated heterocycles. The first-order valence-corrected chi connectivity index (χ1v) is 8.42. The lowest BCUT2D eigenvalue weighted by Crippen LogP contribution is -2.34. The van der Waals surface area contributed by atoms with Gasteiger partial charge in [-0.2, -0.15) is 0 Å². The van der Waals surface area contributed by atoms with Crippen molar-refractivity contribution >= 4 is 25.6 Å². The summed E-state index contributed by atoms with van der Waals surface area (Å²) in [5.41, 5.74) is 0.165. The number of benzene rings is 1. The van der Waals surface area contributed by atoms with Crippen molar-refractivity contribution in [2.75, 3.05) is 7.05 Å². The molecule has 0 aliphatic heterocycles. The maximum absolute atomic E-state index is 13.8. The molecule has 0 bridgehead atoms. The predicted octanol–water partition coefficient (Wildman–Crippen LogP) is 2.93. The van der Waals surface area contributed by atoms with E-state index in [1.807, 2.05) is 13.8 Å². The van der Waals surface area contributed by atoms with Gasteiger partial charge in [0.25, 0.3) is 15.0 Å². The van der Waals surface area contributed by atoms with Crippen LogP contribution in [0.1, 0.15) is 36.2 Å². The van der Waals surface area contributed by atoms with E-state index in [2.05, 4.69) is 0 Å². The number of nitrogens with zero attached hydrogens (tertiary/aromatic N) is 1. The molecule has 0 saturated carbocycles. The van der Waals surface area contributed by atoms with Gasteiger partial charge in [0.15, 0.2) is 0 Å². The van der Waals surface area contributed by atoms with Crippen molar-refractivity contribution in [3.8, 4) is 0 Å². The number of amides is 1.